The summed E-state index contributed by atoms with van der Waals surface area (Å²) >= 11 is 0. The van der Waals surface area contributed by atoms with Crippen LogP contribution in [-0.2, 0) is 15.1 Å². The van der Waals surface area contributed by atoms with Gasteiger partial charge in [0.2, 0.25) is 11.8 Å². The van der Waals surface area contributed by atoms with E-state index in [1.54, 1.807) is 0 Å². The average Bonchev–Trinajstić information content (AvgIpc) is 2.79. The third-order valence-corrected chi connectivity index (χ3v) is 3.89. The van der Waals surface area contributed by atoms with Crippen LogP contribution < -0.4 is 5.32 Å². The molecule has 0 bridgehead atoms. The number of nitrogens with zero attached hydrogens (tertiary/aromatic N) is 1. The molecule has 1 N–H and O–H groups in total. The van der Waals surface area contributed by atoms with Gasteiger partial charge in [-0.1, -0.05) is 30.3 Å². The van der Waals surface area contributed by atoms with Crippen molar-refractivity contribution in [3.8, 4) is 0 Å². The second kappa shape index (κ2) is 6.22. The Morgan fingerprint density at radius 3 is 2.43 bits per heavy atom. The second-order valence-electron chi connectivity index (χ2n) is 6.27. The summed E-state index contributed by atoms with van der Waals surface area (Å²) in [5, 5.41) is 2.82. The third-order valence-electron chi connectivity index (χ3n) is 3.89. The van der Waals surface area contributed by atoms with Crippen LogP contribution in [0.2, 0.25) is 0 Å². The van der Waals surface area contributed by atoms with Gasteiger partial charge in [-0.15, -0.1) is 0 Å². The van der Waals surface area contributed by atoms with Gasteiger partial charge in [0.15, 0.2) is 0 Å². The van der Waals surface area contributed by atoms with Crippen molar-refractivity contribution in [3.63, 3.8) is 0 Å². The SMILES string of the molecule is CC(C)(NC(=O)[C@@H]1CC(=O)N(CC(F)(F)F)C1)c1ccccc1. The molecule has 0 spiro atoms. The topological polar surface area (TPSA) is 49.4 Å². The lowest BCUT2D eigenvalue weighted by molar-refractivity contribution is -0.157. The highest BCUT2D eigenvalue weighted by Crippen LogP contribution is 2.26. The molecule has 4 nitrogen and oxygen atoms in total. The molecule has 1 atom stereocenters. The van der Waals surface area contributed by atoms with Gasteiger partial charge in [-0.25, -0.2) is 0 Å². The summed E-state index contributed by atoms with van der Waals surface area (Å²) in [6.07, 6.45) is -4.64. The van der Waals surface area contributed by atoms with Crippen molar-refractivity contribution >= 4 is 11.8 Å². The number of hydrogen-bond donors (Lipinski definition) is 1. The van der Waals surface area contributed by atoms with E-state index in [2.05, 4.69) is 5.32 Å². The monoisotopic (exact) mass is 328 g/mol. The second-order valence-corrected chi connectivity index (χ2v) is 6.27. The summed E-state index contributed by atoms with van der Waals surface area (Å²) in [4.78, 5) is 24.7. The number of alkyl halides is 3. The highest BCUT2D eigenvalue weighted by atomic mass is 19.4. The van der Waals surface area contributed by atoms with E-state index in [1.807, 2.05) is 44.2 Å². The van der Waals surface area contributed by atoms with Crippen LogP contribution in [0.1, 0.15) is 25.8 Å². The number of amides is 2. The zero-order valence-electron chi connectivity index (χ0n) is 13.0. The Labute approximate surface area is 132 Å². The molecule has 126 valence electrons. The van der Waals surface area contributed by atoms with Gasteiger partial charge in [0, 0.05) is 13.0 Å². The van der Waals surface area contributed by atoms with E-state index in [4.69, 9.17) is 0 Å². The van der Waals surface area contributed by atoms with Gasteiger partial charge < -0.3 is 10.2 Å². The lowest BCUT2D eigenvalue weighted by atomic mass is 9.93. The van der Waals surface area contributed by atoms with Gasteiger partial charge in [0.1, 0.15) is 6.54 Å². The maximum Gasteiger partial charge on any atom is 0.406 e. The molecule has 0 saturated carbocycles. The first-order valence-electron chi connectivity index (χ1n) is 7.30. The van der Waals surface area contributed by atoms with Crippen LogP contribution in [-0.4, -0.2) is 36.0 Å². The van der Waals surface area contributed by atoms with Crippen LogP contribution in [0.25, 0.3) is 0 Å². The minimum absolute atomic E-state index is 0.188. The zero-order chi connectivity index (χ0) is 17.3. The molecule has 0 unspecified atom stereocenters. The third kappa shape index (κ3) is 4.46. The van der Waals surface area contributed by atoms with E-state index in [0.29, 0.717) is 4.90 Å². The summed E-state index contributed by atoms with van der Waals surface area (Å²) in [5.41, 5.74) is 0.212. The quantitative estimate of drug-likeness (QED) is 0.923. The van der Waals surface area contributed by atoms with E-state index in [-0.39, 0.29) is 13.0 Å². The van der Waals surface area contributed by atoms with Crippen LogP contribution in [0.3, 0.4) is 0 Å². The van der Waals surface area contributed by atoms with Crippen LogP contribution in [0.4, 0.5) is 13.2 Å². The standard InChI is InChI=1S/C16H19F3N2O2/c1-15(2,12-6-4-3-5-7-12)20-14(23)11-8-13(22)21(9-11)10-16(17,18)19/h3-7,11H,8-10H2,1-2H3,(H,20,23)/t11-/m1/s1. The summed E-state index contributed by atoms with van der Waals surface area (Å²) in [6, 6.07) is 9.25. The number of likely N-dealkylation sites (tertiary alicyclic amines) is 1. The number of halogens is 3. The Hall–Kier alpha value is -2.05. The van der Waals surface area contributed by atoms with E-state index < -0.39 is 36.0 Å². The number of hydrogen-bond acceptors (Lipinski definition) is 2. The molecule has 1 saturated heterocycles. The molecule has 1 heterocycles. The first kappa shape index (κ1) is 17.3. The van der Waals surface area contributed by atoms with E-state index in [1.165, 1.54) is 0 Å². The Morgan fingerprint density at radius 2 is 1.87 bits per heavy atom. The maximum absolute atomic E-state index is 12.4. The molecular formula is C16H19F3N2O2. The van der Waals surface area contributed by atoms with E-state index in [9.17, 15) is 22.8 Å². The zero-order valence-corrected chi connectivity index (χ0v) is 13.0. The molecular weight excluding hydrogens is 309 g/mol. The number of rotatable bonds is 4. The van der Waals surface area contributed by atoms with Crippen LogP contribution in [0.15, 0.2) is 30.3 Å². The molecule has 1 aromatic carbocycles. The molecule has 23 heavy (non-hydrogen) atoms. The lowest BCUT2D eigenvalue weighted by Gasteiger charge is -2.28. The minimum atomic E-state index is -4.45. The average molecular weight is 328 g/mol. The number of benzene rings is 1. The molecule has 2 amide bonds. The summed E-state index contributed by atoms with van der Waals surface area (Å²) in [7, 11) is 0. The molecule has 1 fully saturated rings. The molecule has 0 aromatic heterocycles. The van der Waals surface area contributed by atoms with Crippen molar-refractivity contribution in [1.29, 1.82) is 0 Å². The molecule has 7 heteroatoms. The Morgan fingerprint density at radius 1 is 1.26 bits per heavy atom. The fourth-order valence-corrected chi connectivity index (χ4v) is 2.65. The van der Waals surface area contributed by atoms with Gasteiger partial charge in [0.25, 0.3) is 0 Å². The lowest BCUT2D eigenvalue weighted by Crippen LogP contribution is -2.45. The molecule has 1 aliphatic rings. The van der Waals surface area contributed by atoms with E-state index in [0.717, 1.165) is 5.56 Å². The van der Waals surface area contributed by atoms with Crippen molar-refractivity contribution in [2.24, 2.45) is 5.92 Å². The first-order chi connectivity index (χ1) is 10.6. The Kier molecular flexibility index (Phi) is 4.68. The van der Waals surface area contributed by atoms with Gasteiger partial charge in [0.05, 0.1) is 11.5 Å². The predicted octanol–water partition coefficient (Wildman–Crippen LogP) is 2.45. The minimum Gasteiger partial charge on any atom is -0.347 e. The van der Waals surface area contributed by atoms with E-state index >= 15 is 0 Å². The Bertz CT molecular complexity index is 585. The summed E-state index contributed by atoms with van der Waals surface area (Å²) in [6.45, 7) is 2.11. The molecule has 1 aromatic rings. The fraction of sp³-hybridized carbons (Fsp3) is 0.500. The molecule has 1 aliphatic heterocycles. The van der Waals surface area contributed by atoms with Gasteiger partial charge >= 0.3 is 6.18 Å². The van der Waals surface area contributed by atoms with Crippen LogP contribution >= 0.6 is 0 Å². The van der Waals surface area contributed by atoms with Crippen molar-refractivity contribution in [2.45, 2.75) is 32.0 Å². The van der Waals surface area contributed by atoms with Crippen LogP contribution in [0, 0.1) is 5.92 Å². The maximum atomic E-state index is 12.4. The largest absolute Gasteiger partial charge is 0.406 e. The Balaban J connectivity index is 2.01. The number of nitrogens with one attached hydrogen (secondary N) is 1. The molecule has 2 rings (SSSR count). The molecule has 0 radical (unpaired) electrons. The van der Waals surface area contributed by atoms with Crippen molar-refractivity contribution < 1.29 is 22.8 Å². The summed E-state index contributed by atoms with van der Waals surface area (Å²) in [5.74, 6) is -1.80. The normalized spacial score (nSPS) is 19.1. The number of carbonyl (C=O) groups is 2. The summed E-state index contributed by atoms with van der Waals surface area (Å²) < 4.78 is 37.2. The van der Waals surface area contributed by atoms with Gasteiger partial charge in [-0.05, 0) is 19.4 Å². The van der Waals surface area contributed by atoms with Crippen molar-refractivity contribution in [3.05, 3.63) is 35.9 Å². The highest BCUT2D eigenvalue weighted by molar-refractivity contribution is 5.89. The smallest absolute Gasteiger partial charge is 0.347 e. The fourth-order valence-electron chi connectivity index (χ4n) is 2.65. The van der Waals surface area contributed by atoms with Crippen molar-refractivity contribution in [1.82, 2.24) is 10.2 Å². The highest BCUT2D eigenvalue weighted by Gasteiger charge is 2.41. The number of carbonyl (C=O) groups excluding carboxylic acids is 2. The van der Waals surface area contributed by atoms with Crippen LogP contribution in [0.5, 0.6) is 0 Å². The predicted molar refractivity (Wildman–Crippen MR) is 78.4 cm³/mol. The molecule has 0 aliphatic carbocycles. The van der Waals surface area contributed by atoms with Gasteiger partial charge in [-0.3, -0.25) is 9.59 Å². The first-order valence-corrected chi connectivity index (χ1v) is 7.30. The van der Waals surface area contributed by atoms with Crippen molar-refractivity contribution in [2.75, 3.05) is 13.1 Å². The van der Waals surface area contributed by atoms with Gasteiger partial charge in [-0.2, -0.15) is 13.2 Å².